The molecule has 2 aliphatic heterocycles. The third kappa shape index (κ3) is 5.97. The number of hydrogen-bond donors (Lipinski definition) is 1. The van der Waals surface area contributed by atoms with E-state index < -0.39 is 0 Å². The third-order valence-electron chi connectivity index (χ3n) is 4.18. The van der Waals surface area contributed by atoms with Crippen molar-refractivity contribution in [3.8, 4) is 0 Å². The van der Waals surface area contributed by atoms with E-state index in [-0.39, 0.29) is 0 Å². The molecule has 0 saturated carbocycles. The Labute approximate surface area is 139 Å². The van der Waals surface area contributed by atoms with Crippen molar-refractivity contribution < 1.29 is 9.47 Å². The molecule has 0 aromatic rings. The maximum absolute atomic E-state index is 5.69. The van der Waals surface area contributed by atoms with Crippen LogP contribution in [0.4, 0.5) is 0 Å². The van der Waals surface area contributed by atoms with E-state index in [2.05, 4.69) is 33.9 Å². The summed E-state index contributed by atoms with van der Waals surface area (Å²) in [5.41, 5.74) is 0. The lowest BCUT2D eigenvalue weighted by Gasteiger charge is -2.34. The van der Waals surface area contributed by atoms with Crippen molar-refractivity contribution in [1.82, 2.24) is 10.2 Å². The molecule has 2 heterocycles. The van der Waals surface area contributed by atoms with Crippen LogP contribution in [0.3, 0.4) is 0 Å². The van der Waals surface area contributed by atoms with Crippen LogP contribution in [0.5, 0.6) is 0 Å². The molecule has 0 bridgehead atoms. The molecule has 22 heavy (non-hydrogen) atoms. The van der Waals surface area contributed by atoms with E-state index in [0.29, 0.717) is 6.10 Å². The molecule has 5 nitrogen and oxygen atoms in total. The van der Waals surface area contributed by atoms with Gasteiger partial charge in [0.15, 0.2) is 5.96 Å². The number of rotatable bonds is 7. The van der Waals surface area contributed by atoms with Gasteiger partial charge in [0.05, 0.1) is 12.7 Å². The molecule has 0 radical (unpaired) electrons. The van der Waals surface area contributed by atoms with Gasteiger partial charge in [-0.2, -0.15) is 11.8 Å². The van der Waals surface area contributed by atoms with Crippen LogP contribution in [0.1, 0.15) is 32.6 Å². The lowest BCUT2D eigenvalue weighted by atomic mass is 10.2. The van der Waals surface area contributed by atoms with Crippen LogP contribution in [-0.4, -0.2) is 74.5 Å². The topological polar surface area (TPSA) is 46.1 Å². The molecule has 0 aliphatic carbocycles. The average molecular weight is 330 g/mol. The second-order valence-electron chi connectivity index (χ2n) is 5.88. The number of hydrogen-bond acceptors (Lipinski definition) is 4. The van der Waals surface area contributed by atoms with Gasteiger partial charge in [-0.15, -0.1) is 0 Å². The van der Waals surface area contributed by atoms with Gasteiger partial charge in [0, 0.05) is 50.9 Å². The van der Waals surface area contributed by atoms with Crippen molar-refractivity contribution in [3.63, 3.8) is 0 Å². The molecule has 0 amide bonds. The highest BCUT2D eigenvalue weighted by Gasteiger charge is 2.21. The van der Waals surface area contributed by atoms with Crippen LogP contribution in [0.25, 0.3) is 0 Å². The first kappa shape index (κ1) is 17.9. The number of guanidine groups is 1. The summed E-state index contributed by atoms with van der Waals surface area (Å²) in [7, 11) is 1.87. The molecular weight excluding hydrogens is 298 g/mol. The molecule has 2 atom stereocenters. The van der Waals surface area contributed by atoms with Gasteiger partial charge in [0.1, 0.15) is 0 Å². The fraction of sp³-hybridized carbons (Fsp3) is 0.938. The Bertz CT molecular complexity index is 335. The minimum atomic E-state index is 0.331. The molecule has 2 aliphatic rings. The van der Waals surface area contributed by atoms with Crippen LogP contribution in [-0.2, 0) is 9.47 Å². The van der Waals surface area contributed by atoms with Crippen LogP contribution in [0.2, 0.25) is 0 Å². The highest BCUT2D eigenvalue weighted by Crippen LogP contribution is 2.20. The van der Waals surface area contributed by atoms with Gasteiger partial charge in [0.2, 0.25) is 0 Å². The zero-order chi connectivity index (χ0) is 15.6. The number of thioether (sulfide) groups is 1. The first-order valence-corrected chi connectivity index (χ1v) is 9.65. The first-order valence-electron chi connectivity index (χ1n) is 8.60. The molecular formula is C16H31N3O2S. The lowest BCUT2D eigenvalue weighted by Crippen LogP contribution is -2.48. The van der Waals surface area contributed by atoms with Crippen molar-refractivity contribution in [3.05, 3.63) is 0 Å². The molecule has 6 heteroatoms. The van der Waals surface area contributed by atoms with Crippen molar-refractivity contribution in [2.45, 2.75) is 44.0 Å². The van der Waals surface area contributed by atoms with Crippen molar-refractivity contribution in [2.75, 3.05) is 52.3 Å². The van der Waals surface area contributed by atoms with Crippen LogP contribution in [0, 0.1) is 0 Å². The molecule has 128 valence electrons. The van der Waals surface area contributed by atoms with E-state index in [4.69, 9.17) is 9.47 Å². The summed E-state index contributed by atoms with van der Waals surface area (Å²) in [4.78, 5) is 6.81. The summed E-state index contributed by atoms with van der Waals surface area (Å²) in [5, 5.41) is 4.21. The van der Waals surface area contributed by atoms with Crippen LogP contribution >= 0.6 is 11.8 Å². The normalized spacial score (nSPS) is 26.5. The minimum absolute atomic E-state index is 0.331. The molecule has 2 saturated heterocycles. The number of nitrogens with one attached hydrogen (secondary N) is 1. The van der Waals surface area contributed by atoms with Gasteiger partial charge in [-0.25, -0.2) is 0 Å². The molecule has 1 N–H and O–H groups in total. The number of nitrogens with zero attached hydrogens (tertiary/aromatic N) is 2. The summed E-state index contributed by atoms with van der Waals surface area (Å²) < 4.78 is 11.2. The maximum Gasteiger partial charge on any atom is 0.193 e. The fourth-order valence-electron chi connectivity index (χ4n) is 2.86. The van der Waals surface area contributed by atoms with E-state index in [9.17, 15) is 0 Å². The monoisotopic (exact) mass is 329 g/mol. The summed E-state index contributed by atoms with van der Waals surface area (Å²) in [6, 6.07) is 0. The van der Waals surface area contributed by atoms with Gasteiger partial charge in [-0.1, -0.05) is 6.92 Å². The third-order valence-corrected chi connectivity index (χ3v) is 5.55. The Morgan fingerprint density at radius 2 is 2.41 bits per heavy atom. The molecule has 2 rings (SSSR count). The molecule has 2 unspecified atom stereocenters. The summed E-state index contributed by atoms with van der Waals surface area (Å²) >= 11 is 2.09. The second-order valence-corrected chi connectivity index (χ2v) is 7.29. The second kappa shape index (κ2) is 10.3. The highest BCUT2D eigenvalue weighted by molar-refractivity contribution is 8.00. The average Bonchev–Trinajstić information content (AvgIpc) is 3.07. The van der Waals surface area contributed by atoms with E-state index in [0.717, 1.165) is 63.5 Å². The summed E-state index contributed by atoms with van der Waals surface area (Å²) in [6.07, 6.45) is 4.90. The predicted molar refractivity (Wildman–Crippen MR) is 93.9 cm³/mol. The van der Waals surface area contributed by atoms with E-state index in [1.807, 2.05) is 7.05 Å². The Hall–Kier alpha value is -0.460. The summed E-state index contributed by atoms with van der Waals surface area (Å²) in [6.45, 7) is 7.82. The predicted octanol–water partition coefficient (Wildman–Crippen LogP) is 1.97. The lowest BCUT2D eigenvalue weighted by molar-refractivity contribution is 0.0168. The SMILES string of the molecule is CCC1CN(C(=NC)NCCCOCC2CCCO2)CCS1. The number of aliphatic imine (C=N–C) groups is 1. The van der Waals surface area contributed by atoms with Crippen LogP contribution in [0.15, 0.2) is 4.99 Å². The Kier molecular flexibility index (Phi) is 8.41. The first-order chi connectivity index (χ1) is 10.8. The Balaban J connectivity index is 1.56. The van der Waals surface area contributed by atoms with E-state index in [1.54, 1.807) is 0 Å². The van der Waals surface area contributed by atoms with Crippen molar-refractivity contribution in [2.24, 2.45) is 4.99 Å². The summed E-state index contributed by atoms with van der Waals surface area (Å²) in [5.74, 6) is 2.24. The Morgan fingerprint density at radius 1 is 1.50 bits per heavy atom. The number of ether oxygens (including phenoxy) is 2. The quantitative estimate of drug-likeness (QED) is 0.440. The van der Waals surface area contributed by atoms with E-state index in [1.165, 1.54) is 18.6 Å². The van der Waals surface area contributed by atoms with Crippen molar-refractivity contribution in [1.29, 1.82) is 0 Å². The standard InChI is InChI=1S/C16H31N3O2S/c1-3-15-12-19(8-11-22-15)16(17-2)18-7-5-9-20-13-14-6-4-10-21-14/h14-15H,3-13H2,1-2H3,(H,17,18). The molecule has 0 spiro atoms. The zero-order valence-electron chi connectivity index (χ0n) is 14.1. The van der Waals surface area contributed by atoms with Gasteiger partial charge in [-0.05, 0) is 25.7 Å². The smallest absolute Gasteiger partial charge is 0.193 e. The fourth-order valence-corrected chi connectivity index (χ4v) is 4.04. The zero-order valence-corrected chi connectivity index (χ0v) is 14.9. The maximum atomic E-state index is 5.69. The van der Waals surface area contributed by atoms with Gasteiger partial charge in [-0.3, -0.25) is 4.99 Å². The highest BCUT2D eigenvalue weighted by atomic mass is 32.2. The van der Waals surface area contributed by atoms with Gasteiger partial charge in [0.25, 0.3) is 0 Å². The van der Waals surface area contributed by atoms with Crippen LogP contribution < -0.4 is 5.32 Å². The van der Waals surface area contributed by atoms with Gasteiger partial charge >= 0.3 is 0 Å². The Morgan fingerprint density at radius 3 is 3.14 bits per heavy atom. The van der Waals surface area contributed by atoms with Gasteiger partial charge < -0.3 is 19.7 Å². The van der Waals surface area contributed by atoms with Crippen molar-refractivity contribution >= 4 is 17.7 Å². The largest absolute Gasteiger partial charge is 0.379 e. The molecule has 0 aromatic carbocycles. The molecule has 2 fully saturated rings. The molecule has 0 aromatic heterocycles. The minimum Gasteiger partial charge on any atom is -0.379 e. The van der Waals surface area contributed by atoms with E-state index >= 15 is 0 Å².